The smallest absolute Gasteiger partial charge is 0.249 e. The third-order valence-electron chi connectivity index (χ3n) is 1.66. The van der Waals surface area contributed by atoms with Crippen LogP contribution in [0, 0.1) is 0 Å². The minimum Gasteiger partial charge on any atom is -0.291 e. The van der Waals surface area contributed by atoms with Crippen LogP contribution in [0.3, 0.4) is 0 Å². The minimum atomic E-state index is -1.51. The van der Waals surface area contributed by atoms with Crippen LogP contribution >= 0.6 is 69.6 Å². The van der Waals surface area contributed by atoms with Gasteiger partial charge in [0.05, 0.1) is 20.0 Å². The Labute approximate surface area is 112 Å². The maximum Gasteiger partial charge on any atom is 0.249 e. The molecular formula is C5H7Cl6N3. The fraction of sp³-hybridized carbons (Fsp3) is 1.00. The number of hydrogen-bond donors (Lipinski definition) is 1. The molecule has 1 aliphatic heterocycles. The van der Waals surface area contributed by atoms with Gasteiger partial charge < -0.3 is 0 Å². The lowest BCUT2D eigenvalue weighted by atomic mass is 10.6. The molecule has 1 aliphatic rings. The van der Waals surface area contributed by atoms with Crippen LogP contribution in [0.4, 0.5) is 0 Å². The van der Waals surface area contributed by atoms with Crippen molar-refractivity contribution in [2.75, 3.05) is 20.0 Å². The molecule has 0 unspecified atom stereocenters. The van der Waals surface area contributed by atoms with E-state index in [2.05, 4.69) is 5.32 Å². The lowest BCUT2D eigenvalue weighted by molar-refractivity contribution is 0.0609. The summed E-state index contributed by atoms with van der Waals surface area (Å²) in [6.07, 6.45) is 0. The van der Waals surface area contributed by atoms with E-state index in [-0.39, 0.29) is 6.67 Å². The van der Waals surface area contributed by atoms with Gasteiger partial charge in [0.2, 0.25) is 7.83 Å². The lowest BCUT2D eigenvalue weighted by Crippen LogP contribution is -2.59. The fourth-order valence-electron chi connectivity index (χ4n) is 0.966. The molecule has 0 radical (unpaired) electrons. The van der Waals surface area contributed by atoms with Crippen molar-refractivity contribution in [3.05, 3.63) is 0 Å². The predicted molar refractivity (Wildman–Crippen MR) is 62.0 cm³/mol. The van der Waals surface area contributed by atoms with Gasteiger partial charge in [-0.2, -0.15) is 0 Å². The fourth-order valence-corrected chi connectivity index (χ4v) is 1.64. The zero-order valence-corrected chi connectivity index (χ0v) is 11.3. The van der Waals surface area contributed by atoms with Crippen LogP contribution < -0.4 is 5.32 Å². The van der Waals surface area contributed by atoms with Crippen LogP contribution in [0.25, 0.3) is 0 Å². The van der Waals surface area contributed by atoms with Gasteiger partial charge >= 0.3 is 0 Å². The molecule has 0 aliphatic carbocycles. The Kier molecular flexibility index (Phi) is 4.75. The normalized spacial score (nSPS) is 22.7. The Morgan fingerprint density at radius 3 is 1.43 bits per heavy atom. The SMILES string of the molecule is ClC(Cl)(Cl)N1CNCN(C(Cl)(Cl)Cl)C1. The summed E-state index contributed by atoms with van der Waals surface area (Å²) in [5, 5.41) is 2.94. The summed E-state index contributed by atoms with van der Waals surface area (Å²) >= 11 is 34.1. The van der Waals surface area contributed by atoms with Crippen molar-refractivity contribution >= 4 is 69.6 Å². The second-order valence-electron chi connectivity index (χ2n) is 2.72. The van der Waals surface area contributed by atoms with Crippen LogP contribution in [-0.4, -0.2) is 37.6 Å². The first-order valence-corrected chi connectivity index (χ1v) is 5.82. The standard InChI is InChI=1S/C5H7Cl6N3/c6-4(7,8)13-1-12-2-14(3-13)5(9,10)11/h12H,1-3H2. The van der Waals surface area contributed by atoms with Crippen molar-refractivity contribution in [2.45, 2.75) is 7.83 Å². The molecule has 0 aromatic heterocycles. The molecule has 1 heterocycles. The highest BCUT2D eigenvalue weighted by atomic mass is 35.6. The van der Waals surface area contributed by atoms with Crippen LogP contribution in [-0.2, 0) is 0 Å². The van der Waals surface area contributed by atoms with Gasteiger partial charge in [-0.15, -0.1) is 0 Å². The molecule has 0 aromatic carbocycles. The maximum absolute atomic E-state index is 5.69. The molecule has 1 N–H and O–H groups in total. The first-order chi connectivity index (χ1) is 6.21. The molecule has 0 aromatic rings. The number of nitrogens with zero attached hydrogens (tertiary/aromatic N) is 2. The van der Waals surface area contributed by atoms with Gasteiger partial charge in [0.15, 0.2) is 0 Å². The minimum absolute atomic E-state index is 0.264. The first-order valence-electron chi connectivity index (χ1n) is 3.55. The number of rotatable bonds is 0. The van der Waals surface area contributed by atoms with Gasteiger partial charge in [-0.1, -0.05) is 69.6 Å². The monoisotopic (exact) mass is 319 g/mol. The molecule has 84 valence electrons. The van der Waals surface area contributed by atoms with Crippen molar-refractivity contribution < 1.29 is 0 Å². The summed E-state index contributed by atoms with van der Waals surface area (Å²) in [5.41, 5.74) is 0. The van der Waals surface area contributed by atoms with Crippen molar-refractivity contribution in [2.24, 2.45) is 0 Å². The van der Waals surface area contributed by atoms with E-state index < -0.39 is 7.83 Å². The highest BCUT2D eigenvalue weighted by Crippen LogP contribution is 2.36. The first kappa shape index (κ1) is 13.7. The Morgan fingerprint density at radius 2 is 1.14 bits per heavy atom. The van der Waals surface area contributed by atoms with Crippen molar-refractivity contribution in [3.8, 4) is 0 Å². The quantitative estimate of drug-likeness (QED) is 0.547. The molecule has 3 nitrogen and oxygen atoms in total. The van der Waals surface area contributed by atoms with E-state index in [1.54, 1.807) is 0 Å². The van der Waals surface area contributed by atoms with Gasteiger partial charge in [-0.3, -0.25) is 5.32 Å². The molecule has 14 heavy (non-hydrogen) atoms. The summed E-state index contributed by atoms with van der Waals surface area (Å²) in [6.45, 7) is 1.11. The maximum atomic E-state index is 5.69. The Morgan fingerprint density at radius 1 is 0.786 bits per heavy atom. The average Bonchev–Trinajstić information content (AvgIpc) is 2.01. The number of nitrogens with one attached hydrogen (secondary N) is 1. The van der Waals surface area contributed by atoms with Crippen molar-refractivity contribution in [1.82, 2.24) is 15.1 Å². The number of alkyl halides is 6. The molecule has 0 bridgehead atoms. The molecule has 1 fully saturated rings. The molecule has 1 saturated heterocycles. The third-order valence-corrected chi connectivity index (χ3v) is 3.10. The van der Waals surface area contributed by atoms with Crippen LogP contribution in [0.2, 0.25) is 0 Å². The van der Waals surface area contributed by atoms with Crippen LogP contribution in [0.15, 0.2) is 0 Å². The molecule has 1 rings (SSSR count). The Hall–Kier alpha value is 1.62. The van der Waals surface area contributed by atoms with Gasteiger partial charge in [0.25, 0.3) is 0 Å². The third kappa shape index (κ3) is 3.89. The molecular weight excluding hydrogens is 315 g/mol. The van der Waals surface area contributed by atoms with Gasteiger partial charge in [0, 0.05) is 0 Å². The summed E-state index contributed by atoms with van der Waals surface area (Å²) in [7, 11) is 0. The van der Waals surface area contributed by atoms with Gasteiger partial charge in [-0.25, -0.2) is 9.80 Å². The van der Waals surface area contributed by atoms with Crippen molar-refractivity contribution in [1.29, 1.82) is 0 Å². The van der Waals surface area contributed by atoms with E-state index >= 15 is 0 Å². The van der Waals surface area contributed by atoms with Gasteiger partial charge in [-0.05, 0) is 0 Å². The summed E-state index contributed by atoms with van der Waals surface area (Å²) in [4.78, 5) is 3.01. The van der Waals surface area contributed by atoms with Gasteiger partial charge in [0.1, 0.15) is 0 Å². The average molecular weight is 322 g/mol. The highest BCUT2D eigenvalue weighted by Gasteiger charge is 2.39. The van der Waals surface area contributed by atoms with E-state index in [0.29, 0.717) is 13.3 Å². The zero-order valence-electron chi connectivity index (χ0n) is 6.78. The summed E-state index contributed by atoms with van der Waals surface area (Å²) < 4.78 is -3.02. The molecule has 0 spiro atoms. The second-order valence-corrected chi connectivity index (χ2v) is 7.17. The lowest BCUT2D eigenvalue weighted by Gasteiger charge is -2.41. The van der Waals surface area contributed by atoms with E-state index in [0.717, 1.165) is 0 Å². The Balaban J connectivity index is 2.61. The summed E-state index contributed by atoms with van der Waals surface area (Å²) in [5.74, 6) is 0. The number of halogens is 6. The molecule has 0 saturated carbocycles. The topological polar surface area (TPSA) is 18.5 Å². The predicted octanol–water partition coefficient (Wildman–Crippen LogP) is 2.72. The van der Waals surface area contributed by atoms with Crippen molar-refractivity contribution in [3.63, 3.8) is 0 Å². The van der Waals surface area contributed by atoms with Crippen LogP contribution in [0.5, 0.6) is 0 Å². The van der Waals surface area contributed by atoms with Crippen LogP contribution in [0.1, 0.15) is 0 Å². The molecule has 0 atom stereocenters. The summed E-state index contributed by atoms with van der Waals surface area (Å²) in [6, 6.07) is 0. The van der Waals surface area contributed by atoms with E-state index in [9.17, 15) is 0 Å². The largest absolute Gasteiger partial charge is 0.291 e. The Bertz CT molecular complexity index is 179. The molecule has 0 amide bonds. The second kappa shape index (κ2) is 4.86. The zero-order chi connectivity index (χ0) is 11.0. The van der Waals surface area contributed by atoms with E-state index in [4.69, 9.17) is 69.6 Å². The molecule has 9 heteroatoms. The number of hydrogen-bond acceptors (Lipinski definition) is 3. The van der Waals surface area contributed by atoms with E-state index in [1.165, 1.54) is 9.80 Å². The highest BCUT2D eigenvalue weighted by molar-refractivity contribution is 6.67. The van der Waals surface area contributed by atoms with E-state index in [1.807, 2.05) is 0 Å².